The summed E-state index contributed by atoms with van der Waals surface area (Å²) < 4.78 is 24.6. The number of anilines is 1. The van der Waals surface area contributed by atoms with Gasteiger partial charge in [-0.05, 0) is 24.6 Å². The van der Waals surface area contributed by atoms with Crippen LogP contribution in [0, 0.1) is 5.82 Å². The normalized spacial score (nSPS) is 17.2. The fourth-order valence-corrected chi connectivity index (χ4v) is 2.48. The average molecular weight is 324 g/mol. The van der Waals surface area contributed by atoms with Crippen LogP contribution in [0.3, 0.4) is 0 Å². The second kappa shape index (κ2) is 8.69. The molecule has 23 heavy (non-hydrogen) atoms. The van der Waals surface area contributed by atoms with Crippen LogP contribution in [0.25, 0.3) is 0 Å². The zero-order valence-electron chi connectivity index (χ0n) is 13.7. The molecule has 1 aliphatic heterocycles. The van der Waals surface area contributed by atoms with Crippen molar-refractivity contribution >= 4 is 11.6 Å². The molecule has 2 rings (SSSR count). The van der Waals surface area contributed by atoms with Crippen LogP contribution in [-0.2, 0) is 16.0 Å². The highest BCUT2D eigenvalue weighted by atomic mass is 19.1. The van der Waals surface area contributed by atoms with E-state index in [1.807, 2.05) is 17.9 Å². The van der Waals surface area contributed by atoms with E-state index < -0.39 is 0 Å². The van der Waals surface area contributed by atoms with Crippen molar-refractivity contribution in [3.8, 4) is 0 Å². The topological polar surface area (TPSA) is 72.1 Å². The van der Waals surface area contributed by atoms with Crippen molar-refractivity contribution in [3.05, 3.63) is 29.6 Å². The molecule has 1 fully saturated rings. The van der Waals surface area contributed by atoms with Crippen molar-refractivity contribution in [2.75, 3.05) is 44.9 Å². The van der Waals surface area contributed by atoms with Gasteiger partial charge in [-0.25, -0.2) is 9.38 Å². The van der Waals surface area contributed by atoms with Crippen molar-refractivity contribution in [2.24, 2.45) is 10.7 Å². The van der Waals surface area contributed by atoms with Gasteiger partial charge in [0.25, 0.3) is 0 Å². The molecule has 1 atom stereocenters. The molecule has 0 radical (unpaired) electrons. The number of nitrogens with one attached hydrogen (secondary N) is 1. The number of halogens is 1. The summed E-state index contributed by atoms with van der Waals surface area (Å²) in [5.74, 6) is 0.0890. The molecule has 0 bridgehead atoms. The monoisotopic (exact) mass is 324 g/mol. The summed E-state index contributed by atoms with van der Waals surface area (Å²) >= 11 is 0. The molecule has 1 aromatic rings. The lowest BCUT2D eigenvalue weighted by Crippen LogP contribution is -2.40. The third-order valence-electron chi connectivity index (χ3n) is 3.61. The van der Waals surface area contributed by atoms with Gasteiger partial charge in [0.1, 0.15) is 5.82 Å². The molecule has 1 aromatic carbocycles. The standard InChI is InChI=1S/C16H25FN4O2/c1-12(11-22-2)20-16(18)19-10-13-3-4-15(14(17)9-13)21-5-7-23-8-6-21/h3-4,9,12H,5-8,10-11H2,1-2H3,(H3,18,19,20). The maximum Gasteiger partial charge on any atom is 0.189 e. The lowest BCUT2D eigenvalue weighted by molar-refractivity contribution is 0.122. The quantitative estimate of drug-likeness (QED) is 0.606. The molecule has 7 heteroatoms. The molecule has 0 spiro atoms. The fraction of sp³-hybridized carbons (Fsp3) is 0.562. The van der Waals surface area contributed by atoms with Crippen molar-refractivity contribution in [3.63, 3.8) is 0 Å². The largest absolute Gasteiger partial charge is 0.383 e. The van der Waals surface area contributed by atoms with Crippen molar-refractivity contribution in [2.45, 2.75) is 19.5 Å². The van der Waals surface area contributed by atoms with Crippen LogP contribution in [0.15, 0.2) is 23.2 Å². The van der Waals surface area contributed by atoms with Crippen molar-refractivity contribution in [1.82, 2.24) is 5.32 Å². The third-order valence-corrected chi connectivity index (χ3v) is 3.61. The molecule has 0 aliphatic carbocycles. The number of benzene rings is 1. The number of rotatable bonds is 6. The summed E-state index contributed by atoms with van der Waals surface area (Å²) in [5.41, 5.74) is 7.20. The number of morpholine rings is 1. The third kappa shape index (κ3) is 5.37. The number of hydrogen-bond acceptors (Lipinski definition) is 4. The predicted molar refractivity (Wildman–Crippen MR) is 89.2 cm³/mol. The first-order valence-corrected chi connectivity index (χ1v) is 7.76. The summed E-state index contributed by atoms with van der Waals surface area (Å²) in [6.07, 6.45) is 0. The first-order valence-electron chi connectivity index (χ1n) is 7.76. The number of nitrogens with zero attached hydrogens (tertiary/aromatic N) is 2. The van der Waals surface area contributed by atoms with E-state index in [0.29, 0.717) is 51.1 Å². The molecule has 1 heterocycles. The molecule has 0 saturated carbocycles. The van der Waals surface area contributed by atoms with Crippen LogP contribution >= 0.6 is 0 Å². The Kier molecular flexibility index (Phi) is 6.61. The van der Waals surface area contributed by atoms with E-state index in [4.69, 9.17) is 15.2 Å². The first kappa shape index (κ1) is 17.5. The summed E-state index contributed by atoms with van der Waals surface area (Å²) in [4.78, 5) is 6.22. The Morgan fingerprint density at radius 3 is 2.87 bits per heavy atom. The molecule has 128 valence electrons. The van der Waals surface area contributed by atoms with Crippen LogP contribution in [0.5, 0.6) is 0 Å². The highest BCUT2D eigenvalue weighted by Crippen LogP contribution is 2.21. The van der Waals surface area contributed by atoms with Gasteiger partial charge in [-0.3, -0.25) is 0 Å². The Hall–Kier alpha value is -1.86. The van der Waals surface area contributed by atoms with Gasteiger partial charge < -0.3 is 25.4 Å². The summed E-state index contributed by atoms with van der Waals surface area (Å²) in [7, 11) is 1.63. The van der Waals surface area contributed by atoms with E-state index in [9.17, 15) is 4.39 Å². The highest BCUT2D eigenvalue weighted by Gasteiger charge is 2.15. The number of ether oxygens (including phenoxy) is 2. The molecule has 1 aliphatic rings. The van der Waals surface area contributed by atoms with Crippen LogP contribution in [0.4, 0.5) is 10.1 Å². The van der Waals surface area contributed by atoms with Crippen LogP contribution in [-0.4, -0.2) is 52.0 Å². The Morgan fingerprint density at radius 2 is 2.22 bits per heavy atom. The number of nitrogens with two attached hydrogens (primary N) is 1. The summed E-state index contributed by atoms with van der Waals surface area (Å²) in [6, 6.07) is 5.26. The first-order chi connectivity index (χ1) is 11.1. The van der Waals surface area contributed by atoms with Gasteiger partial charge in [0.05, 0.1) is 32.1 Å². The molecule has 0 amide bonds. The second-order valence-corrected chi connectivity index (χ2v) is 5.59. The highest BCUT2D eigenvalue weighted by molar-refractivity contribution is 5.78. The van der Waals surface area contributed by atoms with Crippen LogP contribution < -0.4 is 16.0 Å². The van der Waals surface area contributed by atoms with Crippen LogP contribution in [0.2, 0.25) is 0 Å². The Bertz CT molecular complexity index is 533. The van der Waals surface area contributed by atoms with Crippen molar-refractivity contribution in [1.29, 1.82) is 0 Å². The van der Waals surface area contributed by atoms with Gasteiger partial charge in [0.2, 0.25) is 0 Å². The van der Waals surface area contributed by atoms with E-state index in [2.05, 4.69) is 10.3 Å². The minimum absolute atomic E-state index is 0.0733. The lowest BCUT2D eigenvalue weighted by atomic mass is 10.1. The molecular formula is C16H25FN4O2. The summed E-state index contributed by atoms with van der Waals surface area (Å²) in [6.45, 7) is 5.51. The molecule has 1 saturated heterocycles. The maximum absolute atomic E-state index is 14.3. The van der Waals surface area contributed by atoms with E-state index in [1.54, 1.807) is 13.2 Å². The molecule has 3 N–H and O–H groups in total. The smallest absolute Gasteiger partial charge is 0.189 e. The number of aliphatic imine (C=N–C) groups is 1. The van der Waals surface area contributed by atoms with Gasteiger partial charge in [-0.15, -0.1) is 0 Å². The predicted octanol–water partition coefficient (Wildman–Crippen LogP) is 1.10. The fourth-order valence-electron chi connectivity index (χ4n) is 2.48. The molecule has 6 nitrogen and oxygen atoms in total. The van der Waals surface area contributed by atoms with Gasteiger partial charge in [-0.1, -0.05) is 6.07 Å². The minimum atomic E-state index is -0.237. The SMILES string of the molecule is COCC(C)NC(N)=NCc1ccc(N2CCOCC2)c(F)c1. The Labute approximate surface area is 136 Å². The zero-order chi connectivity index (χ0) is 16.7. The second-order valence-electron chi connectivity index (χ2n) is 5.59. The van der Waals surface area contributed by atoms with Gasteiger partial charge in [0, 0.05) is 26.2 Å². The number of methoxy groups -OCH3 is 1. The van der Waals surface area contributed by atoms with E-state index in [0.717, 1.165) is 5.56 Å². The van der Waals surface area contributed by atoms with Gasteiger partial charge >= 0.3 is 0 Å². The Morgan fingerprint density at radius 1 is 1.48 bits per heavy atom. The lowest BCUT2D eigenvalue weighted by Gasteiger charge is -2.29. The van der Waals surface area contributed by atoms with E-state index in [1.165, 1.54) is 6.07 Å². The van der Waals surface area contributed by atoms with Crippen molar-refractivity contribution < 1.29 is 13.9 Å². The average Bonchev–Trinajstić information content (AvgIpc) is 2.54. The summed E-state index contributed by atoms with van der Waals surface area (Å²) in [5, 5.41) is 3.02. The maximum atomic E-state index is 14.3. The molecular weight excluding hydrogens is 299 g/mol. The number of hydrogen-bond donors (Lipinski definition) is 2. The number of guanidine groups is 1. The molecule has 1 unspecified atom stereocenters. The van der Waals surface area contributed by atoms with Gasteiger partial charge in [-0.2, -0.15) is 0 Å². The zero-order valence-corrected chi connectivity index (χ0v) is 13.7. The minimum Gasteiger partial charge on any atom is -0.383 e. The van der Waals surface area contributed by atoms with Crippen LogP contribution in [0.1, 0.15) is 12.5 Å². The molecule has 0 aromatic heterocycles. The van der Waals surface area contributed by atoms with Gasteiger partial charge in [0.15, 0.2) is 5.96 Å². The van der Waals surface area contributed by atoms with E-state index in [-0.39, 0.29) is 11.9 Å². The van der Waals surface area contributed by atoms with E-state index >= 15 is 0 Å². The Balaban J connectivity index is 1.94.